The van der Waals surface area contributed by atoms with Crippen LogP contribution in [0.4, 0.5) is 0 Å². The van der Waals surface area contributed by atoms with Crippen molar-refractivity contribution in [3.63, 3.8) is 0 Å². The number of nitrogens with zero attached hydrogens (tertiary/aromatic N) is 3. The molecule has 1 rings (SSSR count). The predicted molar refractivity (Wildman–Crippen MR) is 54.4 cm³/mol. The summed E-state index contributed by atoms with van der Waals surface area (Å²) in [6.07, 6.45) is 7.21. The molecule has 3 N–H and O–H groups in total. The van der Waals surface area contributed by atoms with Gasteiger partial charge in [-0.2, -0.15) is 0 Å². The van der Waals surface area contributed by atoms with E-state index in [4.69, 9.17) is 12.2 Å². The third-order valence-electron chi connectivity index (χ3n) is 1.69. The van der Waals surface area contributed by atoms with E-state index in [0.29, 0.717) is 25.2 Å². The molecule has 1 aromatic rings. The normalized spacial score (nSPS) is 9.60. The van der Waals surface area contributed by atoms with Gasteiger partial charge in [0.2, 0.25) is 5.91 Å². The average Bonchev–Trinajstić information content (AvgIpc) is 2.66. The summed E-state index contributed by atoms with van der Waals surface area (Å²) in [5.41, 5.74) is 6.01. The standard InChI is InChI=1S/C9H13N5O/c1-2-3-4-11-9(15)7-14-6-8(5-10)12-13-14/h1,6H,3-5,7,10H2,(H,11,15). The second-order valence-electron chi connectivity index (χ2n) is 2.92. The van der Waals surface area contributed by atoms with E-state index in [1.54, 1.807) is 6.20 Å². The van der Waals surface area contributed by atoms with Gasteiger partial charge < -0.3 is 11.1 Å². The van der Waals surface area contributed by atoms with E-state index in [9.17, 15) is 4.79 Å². The van der Waals surface area contributed by atoms with Crippen molar-refractivity contribution >= 4 is 5.91 Å². The molecule has 1 aromatic heterocycles. The van der Waals surface area contributed by atoms with Gasteiger partial charge in [-0.3, -0.25) is 4.79 Å². The lowest BCUT2D eigenvalue weighted by atomic mass is 10.4. The van der Waals surface area contributed by atoms with E-state index in [2.05, 4.69) is 21.5 Å². The largest absolute Gasteiger partial charge is 0.354 e. The number of hydrogen-bond acceptors (Lipinski definition) is 4. The van der Waals surface area contributed by atoms with Crippen molar-refractivity contribution < 1.29 is 4.79 Å². The molecule has 0 bridgehead atoms. The Bertz CT molecular complexity index is 365. The summed E-state index contributed by atoms with van der Waals surface area (Å²) in [4.78, 5) is 11.3. The third-order valence-corrected chi connectivity index (χ3v) is 1.69. The van der Waals surface area contributed by atoms with Crippen LogP contribution < -0.4 is 11.1 Å². The zero-order chi connectivity index (χ0) is 11.1. The molecule has 0 unspecified atom stereocenters. The Balaban J connectivity index is 2.34. The molecule has 0 radical (unpaired) electrons. The monoisotopic (exact) mass is 207 g/mol. The summed E-state index contributed by atoms with van der Waals surface area (Å²) in [5.74, 6) is 2.29. The van der Waals surface area contributed by atoms with Crippen molar-refractivity contribution in [3.05, 3.63) is 11.9 Å². The van der Waals surface area contributed by atoms with Crippen LogP contribution in [0.25, 0.3) is 0 Å². The van der Waals surface area contributed by atoms with Gasteiger partial charge in [0.25, 0.3) is 0 Å². The minimum atomic E-state index is -0.140. The average molecular weight is 207 g/mol. The molecule has 0 fully saturated rings. The Hall–Kier alpha value is -1.87. The van der Waals surface area contributed by atoms with Crippen LogP contribution in [0.2, 0.25) is 0 Å². The summed E-state index contributed by atoms with van der Waals surface area (Å²) < 4.78 is 1.44. The number of terminal acetylenes is 1. The highest BCUT2D eigenvalue weighted by Gasteiger charge is 2.03. The summed E-state index contributed by atoms with van der Waals surface area (Å²) in [6.45, 7) is 0.935. The molecule has 0 atom stereocenters. The van der Waals surface area contributed by atoms with Crippen LogP contribution in [0.5, 0.6) is 0 Å². The molecule has 1 heterocycles. The molecule has 6 heteroatoms. The van der Waals surface area contributed by atoms with Crippen LogP contribution in [-0.4, -0.2) is 27.4 Å². The molecule has 80 valence electrons. The van der Waals surface area contributed by atoms with Crippen LogP contribution in [0.1, 0.15) is 12.1 Å². The van der Waals surface area contributed by atoms with Crippen molar-refractivity contribution in [1.29, 1.82) is 0 Å². The molecule has 0 aliphatic carbocycles. The molecule has 0 saturated heterocycles. The maximum atomic E-state index is 11.3. The fourth-order valence-corrected chi connectivity index (χ4v) is 0.986. The van der Waals surface area contributed by atoms with E-state index in [0.717, 1.165) is 0 Å². The van der Waals surface area contributed by atoms with E-state index in [-0.39, 0.29) is 12.5 Å². The second kappa shape index (κ2) is 5.78. The molecule has 0 aliphatic rings. The number of aromatic nitrogens is 3. The van der Waals surface area contributed by atoms with Gasteiger partial charge in [-0.15, -0.1) is 17.4 Å². The molecule has 15 heavy (non-hydrogen) atoms. The SMILES string of the molecule is C#CCCNC(=O)Cn1cc(CN)nn1. The fraction of sp³-hybridized carbons (Fsp3) is 0.444. The zero-order valence-electron chi connectivity index (χ0n) is 8.31. The van der Waals surface area contributed by atoms with Crippen molar-refractivity contribution in [1.82, 2.24) is 20.3 Å². The predicted octanol–water partition coefficient (Wildman–Crippen LogP) is -1.12. The highest BCUT2D eigenvalue weighted by molar-refractivity contribution is 5.75. The number of amides is 1. The molecule has 0 aliphatic heterocycles. The quantitative estimate of drug-likeness (QED) is 0.473. The Kier molecular flexibility index (Phi) is 4.31. The Morgan fingerprint density at radius 1 is 1.73 bits per heavy atom. The first-order valence-electron chi connectivity index (χ1n) is 4.55. The molecule has 0 aromatic carbocycles. The highest BCUT2D eigenvalue weighted by Crippen LogP contribution is 1.90. The Morgan fingerprint density at radius 3 is 3.13 bits per heavy atom. The van der Waals surface area contributed by atoms with Gasteiger partial charge in [0.05, 0.1) is 11.9 Å². The summed E-state index contributed by atoms with van der Waals surface area (Å²) in [6, 6.07) is 0. The van der Waals surface area contributed by atoms with E-state index < -0.39 is 0 Å². The smallest absolute Gasteiger partial charge is 0.241 e. The van der Waals surface area contributed by atoms with Gasteiger partial charge in [-0.25, -0.2) is 4.68 Å². The van der Waals surface area contributed by atoms with Gasteiger partial charge in [-0.1, -0.05) is 5.21 Å². The number of nitrogens with one attached hydrogen (secondary N) is 1. The maximum Gasteiger partial charge on any atom is 0.241 e. The number of hydrogen-bond donors (Lipinski definition) is 2. The maximum absolute atomic E-state index is 11.3. The highest BCUT2D eigenvalue weighted by atomic mass is 16.2. The van der Waals surface area contributed by atoms with Crippen molar-refractivity contribution in [3.8, 4) is 12.3 Å². The molecule has 1 amide bonds. The van der Waals surface area contributed by atoms with E-state index in [1.165, 1.54) is 4.68 Å². The number of nitrogens with two attached hydrogens (primary N) is 1. The molecular weight excluding hydrogens is 194 g/mol. The lowest BCUT2D eigenvalue weighted by Gasteiger charge is -2.01. The minimum Gasteiger partial charge on any atom is -0.354 e. The molecular formula is C9H13N5O. The summed E-state index contributed by atoms with van der Waals surface area (Å²) in [5, 5.41) is 10.2. The van der Waals surface area contributed by atoms with Crippen LogP contribution in [0.15, 0.2) is 6.20 Å². The lowest BCUT2D eigenvalue weighted by molar-refractivity contribution is -0.121. The topological polar surface area (TPSA) is 85.8 Å². The van der Waals surface area contributed by atoms with Crippen LogP contribution >= 0.6 is 0 Å². The number of carbonyl (C=O) groups is 1. The molecule has 0 saturated carbocycles. The number of rotatable bonds is 5. The van der Waals surface area contributed by atoms with Crippen LogP contribution in [-0.2, 0) is 17.9 Å². The number of carbonyl (C=O) groups excluding carboxylic acids is 1. The van der Waals surface area contributed by atoms with Gasteiger partial charge in [-0.05, 0) is 0 Å². The summed E-state index contributed by atoms with van der Waals surface area (Å²) in [7, 11) is 0. The Labute approximate surface area is 87.8 Å². The fourth-order valence-electron chi connectivity index (χ4n) is 0.986. The van der Waals surface area contributed by atoms with Crippen molar-refractivity contribution in [2.24, 2.45) is 5.73 Å². The van der Waals surface area contributed by atoms with Crippen molar-refractivity contribution in [2.45, 2.75) is 19.5 Å². The van der Waals surface area contributed by atoms with Crippen LogP contribution in [0, 0.1) is 12.3 Å². The summed E-state index contributed by atoms with van der Waals surface area (Å²) >= 11 is 0. The second-order valence-corrected chi connectivity index (χ2v) is 2.92. The first-order chi connectivity index (χ1) is 7.26. The minimum absolute atomic E-state index is 0.136. The van der Waals surface area contributed by atoms with Gasteiger partial charge in [0, 0.05) is 19.5 Å². The van der Waals surface area contributed by atoms with Crippen LogP contribution in [0.3, 0.4) is 0 Å². The van der Waals surface area contributed by atoms with Gasteiger partial charge in [0.15, 0.2) is 0 Å². The molecule has 0 spiro atoms. The first kappa shape index (κ1) is 11.2. The first-order valence-corrected chi connectivity index (χ1v) is 4.55. The van der Waals surface area contributed by atoms with E-state index in [1.807, 2.05) is 0 Å². The third kappa shape index (κ3) is 3.79. The lowest BCUT2D eigenvalue weighted by Crippen LogP contribution is -2.28. The van der Waals surface area contributed by atoms with E-state index >= 15 is 0 Å². The molecule has 6 nitrogen and oxygen atoms in total. The Morgan fingerprint density at radius 2 is 2.53 bits per heavy atom. The van der Waals surface area contributed by atoms with Gasteiger partial charge in [0.1, 0.15) is 6.54 Å². The van der Waals surface area contributed by atoms with Crippen molar-refractivity contribution in [2.75, 3.05) is 6.54 Å². The zero-order valence-corrected chi connectivity index (χ0v) is 8.31. The van der Waals surface area contributed by atoms with Gasteiger partial charge >= 0.3 is 0 Å².